The summed E-state index contributed by atoms with van der Waals surface area (Å²) < 4.78 is 11.6. The highest BCUT2D eigenvalue weighted by atomic mass is 16.7. The van der Waals surface area contributed by atoms with Gasteiger partial charge in [-0.05, 0) is 24.1 Å². The van der Waals surface area contributed by atoms with E-state index in [1.54, 1.807) is 0 Å². The van der Waals surface area contributed by atoms with Crippen molar-refractivity contribution in [3.05, 3.63) is 30.1 Å². The number of fused-ring (bicyclic) bond motifs is 1. The number of H-pyrrole nitrogens is 1. The fraction of sp³-hybridized carbons (Fsp3) is 0.562. The average molecular weight is 287 g/mol. The van der Waals surface area contributed by atoms with Crippen molar-refractivity contribution in [2.75, 3.05) is 32.8 Å². The number of aromatic nitrogens is 2. The van der Waals surface area contributed by atoms with Crippen molar-refractivity contribution in [1.29, 1.82) is 0 Å². The summed E-state index contributed by atoms with van der Waals surface area (Å²) in [6, 6.07) is 4.14. The summed E-state index contributed by atoms with van der Waals surface area (Å²) in [6.07, 6.45) is 6.95. The Balaban J connectivity index is 1.35. The first-order valence-corrected chi connectivity index (χ1v) is 7.76. The molecular weight excluding hydrogens is 266 g/mol. The van der Waals surface area contributed by atoms with E-state index in [1.165, 1.54) is 10.9 Å². The van der Waals surface area contributed by atoms with Crippen LogP contribution in [0.15, 0.2) is 24.5 Å². The quantitative estimate of drug-likeness (QED) is 0.937. The van der Waals surface area contributed by atoms with Gasteiger partial charge in [0.15, 0.2) is 5.79 Å². The highest BCUT2D eigenvalue weighted by molar-refractivity contribution is 5.79. The lowest BCUT2D eigenvalue weighted by Gasteiger charge is -2.37. The fourth-order valence-corrected chi connectivity index (χ4v) is 3.40. The molecule has 5 heteroatoms. The minimum absolute atomic E-state index is 0.263. The maximum Gasteiger partial charge on any atom is 0.170 e. The summed E-state index contributed by atoms with van der Waals surface area (Å²) in [6.45, 7) is 4.70. The second kappa shape index (κ2) is 5.40. The Hall–Kier alpha value is -1.43. The van der Waals surface area contributed by atoms with Gasteiger partial charge in [-0.15, -0.1) is 0 Å². The molecule has 0 bridgehead atoms. The molecule has 2 aromatic heterocycles. The van der Waals surface area contributed by atoms with Gasteiger partial charge in [0, 0.05) is 50.3 Å². The van der Waals surface area contributed by atoms with Gasteiger partial charge in [-0.2, -0.15) is 0 Å². The molecule has 0 atom stereocenters. The van der Waals surface area contributed by atoms with Crippen LogP contribution in [0.4, 0.5) is 0 Å². The molecule has 1 N–H and O–H groups in total. The Bertz CT molecular complexity index is 609. The topological polar surface area (TPSA) is 50.4 Å². The van der Waals surface area contributed by atoms with Crippen LogP contribution in [0.2, 0.25) is 0 Å². The van der Waals surface area contributed by atoms with Crippen LogP contribution in [0.3, 0.4) is 0 Å². The molecule has 2 aromatic rings. The Morgan fingerprint density at radius 3 is 2.86 bits per heavy atom. The largest absolute Gasteiger partial charge is 0.347 e. The first kappa shape index (κ1) is 13.2. The van der Waals surface area contributed by atoms with Crippen LogP contribution in [-0.4, -0.2) is 53.5 Å². The maximum atomic E-state index is 5.78. The van der Waals surface area contributed by atoms with Crippen LogP contribution in [-0.2, 0) is 15.9 Å². The third-order valence-corrected chi connectivity index (χ3v) is 4.67. The lowest BCUT2D eigenvalue weighted by molar-refractivity contribution is -0.185. The lowest BCUT2D eigenvalue weighted by Crippen LogP contribution is -2.45. The van der Waals surface area contributed by atoms with Crippen LogP contribution < -0.4 is 0 Å². The summed E-state index contributed by atoms with van der Waals surface area (Å²) in [4.78, 5) is 10.1. The number of likely N-dealkylation sites (tertiary alicyclic amines) is 1. The van der Waals surface area contributed by atoms with Gasteiger partial charge in [-0.1, -0.05) is 0 Å². The van der Waals surface area contributed by atoms with Gasteiger partial charge in [0.25, 0.3) is 0 Å². The second-order valence-corrected chi connectivity index (χ2v) is 5.91. The number of aromatic amines is 1. The second-order valence-electron chi connectivity index (χ2n) is 5.91. The zero-order chi connectivity index (χ0) is 14.1. The predicted octanol–water partition coefficient (Wildman–Crippen LogP) is 1.94. The zero-order valence-corrected chi connectivity index (χ0v) is 12.2. The van der Waals surface area contributed by atoms with Gasteiger partial charge in [0.05, 0.1) is 13.2 Å². The number of piperidine rings is 1. The molecule has 2 aliphatic heterocycles. The Kier molecular flexibility index (Phi) is 3.41. The van der Waals surface area contributed by atoms with Crippen molar-refractivity contribution < 1.29 is 9.47 Å². The standard InChI is InChI=1S/C16H21N3O2/c1-2-14-13(12-18-15(14)17-6-1)3-7-19-8-4-16(5-9-19)20-10-11-21-16/h1-2,6,12H,3-5,7-11H2,(H,17,18). The summed E-state index contributed by atoms with van der Waals surface area (Å²) in [5.74, 6) is -0.263. The smallest absolute Gasteiger partial charge is 0.170 e. The Morgan fingerprint density at radius 2 is 2.05 bits per heavy atom. The van der Waals surface area contributed by atoms with E-state index in [0.717, 1.165) is 57.8 Å². The van der Waals surface area contributed by atoms with E-state index in [4.69, 9.17) is 9.47 Å². The monoisotopic (exact) mass is 287 g/mol. The molecule has 21 heavy (non-hydrogen) atoms. The molecule has 2 fully saturated rings. The van der Waals surface area contributed by atoms with E-state index in [-0.39, 0.29) is 5.79 Å². The average Bonchev–Trinajstić information content (AvgIpc) is 3.15. The SMILES string of the molecule is c1cnc2[nH]cc(CCN3CCC4(CC3)OCCO4)c2c1. The first-order chi connectivity index (χ1) is 10.3. The Morgan fingerprint density at radius 1 is 1.24 bits per heavy atom. The molecule has 0 radical (unpaired) electrons. The van der Waals surface area contributed by atoms with Crippen molar-refractivity contribution >= 4 is 11.0 Å². The predicted molar refractivity (Wildman–Crippen MR) is 80.1 cm³/mol. The number of pyridine rings is 1. The molecule has 5 nitrogen and oxygen atoms in total. The van der Waals surface area contributed by atoms with Crippen molar-refractivity contribution in [3.63, 3.8) is 0 Å². The number of ether oxygens (including phenoxy) is 2. The van der Waals surface area contributed by atoms with Crippen LogP contribution in [0, 0.1) is 0 Å². The van der Waals surface area contributed by atoms with Crippen LogP contribution in [0.25, 0.3) is 11.0 Å². The van der Waals surface area contributed by atoms with E-state index in [1.807, 2.05) is 12.3 Å². The fourth-order valence-electron chi connectivity index (χ4n) is 3.40. The minimum Gasteiger partial charge on any atom is -0.347 e. The van der Waals surface area contributed by atoms with Gasteiger partial charge in [0.2, 0.25) is 0 Å². The molecule has 112 valence electrons. The van der Waals surface area contributed by atoms with Gasteiger partial charge in [-0.25, -0.2) is 4.98 Å². The van der Waals surface area contributed by atoms with E-state index in [2.05, 4.69) is 27.1 Å². The molecule has 0 aromatic carbocycles. The highest BCUT2D eigenvalue weighted by Crippen LogP contribution is 2.31. The third-order valence-electron chi connectivity index (χ3n) is 4.67. The lowest BCUT2D eigenvalue weighted by atomic mass is 10.0. The van der Waals surface area contributed by atoms with Crippen LogP contribution in [0.1, 0.15) is 18.4 Å². The molecule has 2 aliphatic rings. The molecule has 1 spiro atoms. The van der Waals surface area contributed by atoms with E-state index >= 15 is 0 Å². The number of nitrogens with one attached hydrogen (secondary N) is 1. The molecular formula is C16H21N3O2. The number of hydrogen-bond donors (Lipinski definition) is 1. The molecule has 0 unspecified atom stereocenters. The molecule has 0 amide bonds. The summed E-state index contributed by atoms with van der Waals surface area (Å²) >= 11 is 0. The first-order valence-electron chi connectivity index (χ1n) is 7.76. The van der Waals surface area contributed by atoms with Crippen molar-refractivity contribution in [3.8, 4) is 0 Å². The van der Waals surface area contributed by atoms with Gasteiger partial charge < -0.3 is 19.4 Å². The van der Waals surface area contributed by atoms with E-state index in [0.29, 0.717) is 0 Å². The highest BCUT2D eigenvalue weighted by Gasteiger charge is 2.39. The van der Waals surface area contributed by atoms with Crippen LogP contribution >= 0.6 is 0 Å². The van der Waals surface area contributed by atoms with Crippen LogP contribution in [0.5, 0.6) is 0 Å². The Labute approximate surface area is 124 Å². The number of rotatable bonds is 3. The number of hydrogen-bond acceptors (Lipinski definition) is 4. The summed E-state index contributed by atoms with van der Waals surface area (Å²) in [5, 5.41) is 1.24. The normalized spacial score (nSPS) is 22.3. The summed E-state index contributed by atoms with van der Waals surface area (Å²) in [5.41, 5.74) is 2.34. The molecule has 0 aliphatic carbocycles. The van der Waals surface area contributed by atoms with Gasteiger partial charge in [-0.3, -0.25) is 0 Å². The molecule has 4 heterocycles. The molecule has 2 saturated heterocycles. The van der Waals surface area contributed by atoms with E-state index in [9.17, 15) is 0 Å². The minimum atomic E-state index is -0.263. The zero-order valence-electron chi connectivity index (χ0n) is 12.2. The number of nitrogens with zero attached hydrogens (tertiary/aromatic N) is 2. The van der Waals surface area contributed by atoms with E-state index < -0.39 is 0 Å². The summed E-state index contributed by atoms with van der Waals surface area (Å²) in [7, 11) is 0. The van der Waals surface area contributed by atoms with Gasteiger partial charge in [0.1, 0.15) is 5.65 Å². The van der Waals surface area contributed by atoms with Crippen molar-refractivity contribution in [1.82, 2.24) is 14.9 Å². The van der Waals surface area contributed by atoms with Crippen molar-refractivity contribution in [2.24, 2.45) is 0 Å². The van der Waals surface area contributed by atoms with Crippen molar-refractivity contribution in [2.45, 2.75) is 25.0 Å². The maximum absolute atomic E-state index is 5.78. The molecule has 0 saturated carbocycles. The molecule has 4 rings (SSSR count). The van der Waals surface area contributed by atoms with Gasteiger partial charge >= 0.3 is 0 Å². The third kappa shape index (κ3) is 2.57.